The fourth-order valence-electron chi connectivity index (χ4n) is 1.84. The Balaban J connectivity index is 2.57. The molecule has 0 spiro atoms. The maximum absolute atomic E-state index is 10.8. The summed E-state index contributed by atoms with van der Waals surface area (Å²) in [6, 6.07) is 4.96. The third-order valence-corrected chi connectivity index (χ3v) is 3.12. The van der Waals surface area contributed by atoms with E-state index < -0.39 is 4.92 Å². The Hall–Kier alpha value is -1.17. The fourth-order valence-corrected chi connectivity index (χ4v) is 2.03. The van der Waals surface area contributed by atoms with Crippen molar-refractivity contribution in [1.29, 1.82) is 0 Å². The summed E-state index contributed by atoms with van der Waals surface area (Å²) < 4.78 is 0. The topological polar surface area (TPSA) is 49.6 Å². The summed E-state index contributed by atoms with van der Waals surface area (Å²) in [7, 11) is 6.10. The van der Waals surface area contributed by atoms with Gasteiger partial charge in [0.15, 0.2) is 0 Å². The Morgan fingerprint density at radius 3 is 2.53 bits per heavy atom. The molecule has 0 radical (unpaired) electrons. The highest BCUT2D eigenvalue weighted by Gasteiger charge is 2.13. The van der Waals surface area contributed by atoms with Gasteiger partial charge in [-0.15, -0.1) is 0 Å². The number of hydrogen-bond donors (Lipinski definition) is 0. The van der Waals surface area contributed by atoms with E-state index in [0.717, 1.165) is 25.1 Å². The van der Waals surface area contributed by atoms with Crippen molar-refractivity contribution in [2.45, 2.75) is 13.0 Å². The molecule has 0 heterocycles. The summed E-state index contributed by atoms with van der Waals surface area (Å²) in [5, 5.41) is 11.0. The first-order chi connectivity index (χ1) is 8.90. The number of nitrogens with zero attached hydrogens (tertiary/aromatic N) is 3. The second-order valence-corrected chi connectivity index (χ2v) is 5.34. The Morgan fingerprint density at radius 2 is 1.95 bits per heavy atom. The number of nitro groups is 1. The van der Waals surface area contributed by atoms with Crippen molar-refractivity contribution in [2.75, 3.05) is 34.2 Å². The van der Waals surface area contributed by atoms with E-state index in [0.29, 0.717) is 6.54 Å². The lowest BCUT2D eigenvalue weighted by molar-refractivity contribution is -0.384. The van der Waals surface area contributed by atoms with E-state index >= 15 is 0 Å². The van der Waals surface area contributed by atoms with Crippen LogP contribution in [0, 0.1) is 10.1 Å². The van der Waals surface area contributed by atoms with E-state index in [9.17, 15) is 10.1 Å². The Morgan fingerprint density at radius 1 is 1.26 bits per heavy atom. The first-order valence-corrected chi connectivity index (χ1v) is 6.54. The number of rotatable bonds is 7. The van der Waals surface area contributed by atoms with Gasteiger partial charge in [-0.25, -0.2) is 0 Å². The lowest BCUT2D eigenvalue weighted by atomic mass is 10.2. The Labute approximate surface area is 118 Å². The van der Waals surface area contributed by atoms with Gasteiger partial charge in [0.2, 0.25) is 0 Å². The highest BCUT2D eigenvalue weighted by molar-refractivity contribution is 6.32. The number of hydrogen-bond acceptors (Lipinski definition) is 4. The third kappa shape index (κ3) is 5.55. The van der Waals surface area contributed by atoms with Gasteiger partial charge in [-0.2, -0.15) is 0 Å². The van der Waals surface area contributed by atoms with Gasteiger partial charge in [-0.05, 0) is 52.3 Å². The second kappa shape index (κ2) is 7.43. The molecule has 0 aliphatic carbocycles. The number of nitro benzene ring substituents is 1. The highest BCUT2D eigenvalue weighted by atomic mass is 35.5. The van der Waals surface area contributed by atoms with Crippen LogP contribution in [0.3, 0.4) is 0 Å². The van der Waals surface area contributed by atoms with Gasteiger partial charge in [0.1, 0.15) is 5.02 Å². The predicted octanol–water partition coefficient (Wildman–Crippen LogP) is 2.63. The zero-order valence-corrected chi connectivity index (χ0v) is 12.4. The summed E-state index contributed by atoms with van der Waals surface area (Å²) in [4.78, 5) is 14.7. The van der Waals surface area contributed by atoms with Gasteiger partial charge in [0.05, 0.1) is 4.92 Å². The van der Waals surface area contributed by atoms with Crippen molar-refractivity contribution in [3.8, 4) is 0 Å². The van der Waals surface area contributed by atoms with Gasteiger partial charge < -0.3 is 9.80 Å². The molecule has 6 heteroatoms. The molecule has 0 unspecified atom stereocenters. The summed E-state index contributed by atoms with van der Waals surface area (Å²) in [6.07, 6.45) is 1.07. The molecule has 0 saturated carbocycles. The summed E-state index contributed by atoms with van der Waals surface area (Å²) >= 11 is 5.79. The maximum atomic E-state index is 10.8. The summed E-state index contributed by atoms with van der Waals surface area (Å²) in [5.74, 6) is 0. The van der Waals surface area contributed by atoms with E-state index in [1.54, 1.807) is 12.1 Å². The molecule has 19 heavy (non-hydrogen) atoms. The molecular formula is C13H20ClN3O2. The molecule has 0 N–H and O–H groups in total. The monoisotopic (exact) mass is 285 g/mol. The molecule has 106 valence electrons. The molecule has 0 bridgehead atoms. The Bertz CT molecular complexity index is 438. The Kier molecular flexibility index (Phi) is 6.21. The molecule has 0 aliphatic rings. The molecule has 0 atom stereocenters. The number of halogens is 1. The molecule has 5 nitrogen and oxygen atoms in total. The van der Waals surface area contributed by atoms with Crippen LogP contribution in [0.15, 0.2) is 18.2 Å². The van der Waals surface area contributed by atoms with Crippen LogP contribution in [-0.2, 0) is 6.54 Å². The molecule has 1 aromatic rings. The fraction of sp³-hybridized carbons (Fsp3) is 0.538. The standard InChI is InChI=1S/C13H20ClN3O2/c1-15(2)7-4-8-16(3)10-11-5-6-12(14)13(9-11)17(18)19/h5-6,9H,4,7-8,10H2,1-3H3. The van der Waals surface area contributed by atoms with Crippen molar-refractivity contribution in [1.82, 2.24) is 9.80 Å². The van der Waals surface area contributed by atoms with Crippen LogP contribution in [0.2, 0.25) is 5.02 Å². The summed E-state index contributed by atoms with van der Waals surface area (Å²) in [6.45, 7) is 2.67. The second-order valence-electron chi connectivity index (χ2n) is 4.94. The average Bonchev–Trinajstić information content (AvgIpc) is 2.30. The van der Waals surface area contributed by atoms with Crippen LogP contribution in [-0.4, -0.2) is 49.0 Å². The van der Waals surface area contributed by atoms with Crippen LogP contribution < -0.4 is 0 Å². The van der Waals surface area contributed by atoms with Crippen molar-refractivity contribution < 1.29 is 4.92 Å². The van der Waals surface area contributed by atoms with Crippen molar-refractivity contribution in [3.63, 3.8) is 0 Å². The average molecular weight is 286 g/mol. The zero-order valence-electron chi connectivity index (χ0n) is 11.6. The molecule has 0 aromatic heterocycles. The van der Waals surface area contributed by atoms with Gasteiger partial charge in [-0.3, -0.25) is 10.1 Å². The van der Waals surface area contributed by atoms with Crippen LogP contribution in [0.4, 0.5) is 5.69 Å². The van der Waals surface area contributed by atoms with Gasteiger partial charge in [0, 0.05) is 12.6 Å². The lowest BCUT2D eigenvalue weighted by Crippen LogP contribution is -2.23. The number of benzene rings is 1. The third-order valence-electron chi connectivity index (χ3n) is 2.80. The van der Waals surface area contributed by atoms with Gasteiger partial charge in [0.25, 0.3) is 5.69 Å². The van der Waals surface area contributed by atoms with E-state index in [1.807, 2.05) is 27.2 Å². The van der Waals surface area contributed by atoms with Crippen LogP contribution in [0.1, 0.15) is 12.0 Å². The normalized spacial score (nSPS) is 11.3. The summed E-state index contributed by atoms with van der Waals surface area (Å²) in [5.41, 5.74) is 0.879. The minimum absolute atomic E-state index is 0.0270. The largest absolute Gasteiger partial charge is 0.309 e. The molecule has 1 rings (SSSR count). The highest BCUT2D eigenvalue weighted by Crippen LogP contribution is 2.25. The molecule has 0 aliphatic heterocycles. The SMILES string of the molecule is CN(C)CCCN(C)Cc1ccc(Cl)c([N+](=O)[O-])c1. The predicted molar refractivity (Wildman–Crippen MR) is 77.6 cm³/mol. The minimum atomic E-state index is -0.447. The smallest absolute Gasteiger partial charge is 0.288 e. The zero-order chi connectivity index (χ0) is 14.4. The molecule has 0 amide bonds. The van der Waals surface area contributed by atoms with Gasteiger partial charge in [-0.1, -0.05) is 17.7 Å². The molecule has 0 saturated heterocycles. The van der Waals surface area contributed by atoms with E-state index in [2.05, 4.69) is 9.80 Å². The maximum Gasteiger partial charge on any atom is 0.288 e. The van der Waals surface area contributed by atoms with E-state index in [-0.39, 0.29) is 10.7 Å². The minimum Gasteiger partial charge on any atom is -0.309 e. The van der Waals surface area contributed by atoms with Crippen LogP contribution >= 0.6 is 11.6 Å². The quantitative estimate of drug-likeness (QED) is 0.571. The molecular weight excluding hydrogens is 266 g/mol. The van der Waals surface area contributed by atoms with E-state index in [1.165, 1.54) is 0 Å². The van der Waals surface area contributed by atoms with Gasteiger partial charge >= 0.3 is 0 Å². The van der Waals surface area contributed by atoms with Crippen LogP contribution in [0.5, 0.6) is 0 Å². The van der Waals surface area contributed by atoms with Crippen molar-refractivity contribution in [3.05, 3.63) is 38.9 Å². The van der Waals surface area contributed by atoms with Crippen molar-refractivity contribution in [2.24, 2.45) is 0 Å². The molecule has 0 fully saturated rings. The van der Waals surface area contributed by atoms with Crippen molar-refractivity contribution >= 4 is 17.3 Å². The molecule has 1 aromatic carbocycles. The first kappa shape index (κ1) is 15.9. The lowest BCUT2D eigenvalue weighted by Gasteiger charge is -2.18. The van der Waals surface area contributed by atoms with Crippen LogP contribution in [0.25, 0.3) is 0 Å². The van der Waals surface area contributed by atoms with E-state index in [4.69, 9.17) is 11.6 Å². The first-order valence-electron chi connectivity index (χ1n) is 6.16.